The van der Waals surface area contributed by atoms with E-state index in [1.54, 1.807) is 11.9 Å². The van der Waals surface area contributed by atoms with Gasteiger partial charge in [0.15, 0.2) is 0 Å². The third-order valence-corrected chi connectivity index (χ3v) is 5.10. The van der Waals surface area contributed by atoms with Gasteiger partial charge in [0.1, 0.15) is 5.60 Å². The van der Waals surface area contributed by atoms with E-state index in [9.17, 15) is 9.90 Å². The highest BCUT2D eigenvalue weighted by molar-refractivity contribution is 5.85. The van der Waals surface area contributed by atoms with Gasteiger partial charge in [-0.1, -0.05) is 30.3 Å². The van der Waals surface area contributed by atoms with E-state index in [1.807, 2.05) is 29.9 Å². The van der Waals surface area contributed by atoms with Crippen LogP contribution in [0, 0.1) is 0 Å². The first-order valence-electron chi connectivity index (χ1n) is 9.06. The molecule has 2 aromatic rings. The highest BCUT2D eigenvalue weighted by Gasteiger charge is 2.40. The van der Waals surface area contributed by atoms with Gasteiger partial charge in [-0.3, -0.25) is 9.48 Å². The topological polar surface area (TPSA) is 58.4 Å². The van der Waals surface area contributed by atoms with Crippen LogP contribution in [0.4, 0.5) is 0 Å². The van der Waals surface area contributed by atoms with Crippen molar-refractivity contribution in [3.05, 3.63) is 42.1 Å². The number of hydrogen-bond acceptors (Lipinski definition) is 3. The highest BCUT2D eigenvalue weighted by Crippen LogP contribution is 2.31. The Morgan fingerprint density at radius 3 is 2.64 bits per heavy atom. The van der Waals surface area contributed by atoms with E-state index < -0.39 is 5.60 Å². The number of benzene rings is 1. The van der Waals surface area contributed by atoms with Crippen molar-refractivity contribution in [3.63, 3.8) is 0 Å². The smallest absolute Gasteiger partial charge is 0.254 e. The number of nitrogens with zero attached hydrogens (tertiary/aromatic N) is 3. The average Bonchev–Trinajstić information content (AvgIpc) is 3.21. The SMILES string of the molecule is CN(CCCc1cc(-c2ccccc2)n(C)n1)C(=O)C1(O)CCCC1. The molecule has 1 aromatic carbocycles. The molecule has 0 saturated heterocycles. The van der Waals surface area contributed by atoms with Crippen molar-refractivity contribution in [1.82, 2.24) is 14.7 Å². The fraction of sp³-hybridized carbons (Fsp3) is 0.500. The van der Waals surface area contributed by atoms with E-state index in [-0.39, 0.29) is 5.91 Å². The van der Waals surface area contributed by atoms with Crippen molar-refractivity contribution in [3.8, 4) is 11.3 Å². The predicted molar refractivity (Wildman–Crippen MR) is 98.0 cm³/mol. The van der Waals surface area contributed by atoms with E-state index in [0.717, 1.165) is 42.6 Å². The number of aryl methyl sites for hydroxylation is 2. The van der Waals surface area contributed by atoms with Crippen molar-refractivity contribution in [2.45, 2.75) is 44.1 Å². The number of amides is 1. The molecule has 0 bridgehead atoms. The van der Waals surface area contributed by atoms with Crippen LogP contribution in [0.25, 0.3) is 11.3 Å². The highest BCUT2D eigenvalue weighted by atomic mass is 16.3. The molecule has 25 heavy (non-hydrogen) atoms. The van der Waals surface area contributed by atoms with Gasteiger partial charge in [0, 0.05) is 20.6 Å². The van der Waals surface area contributed by atoms with E-state index in [1.165, 1.54) is 0 Å². The Labute approximate surface area is 149 Å². The first-order chi connectivity index (χ1) is 12.0. The van der Waals surface area contributed by atoms with Crippen molar-refractivity contribution >= 4 is 5.91 Å². The molecule has 1 fully saturated rings. The van der Waals surface area contributed by atoms with Crippen molar-refractivity contribution < 1.29 is 9.90 Å². The molecule has 1 N–H and O–H groups in total. The first kappa shape index (κ1) is 17.7. The van der Waals surface area contributed by atoms with Gasteiger partial charge in [0.25, 0.3) is 5.91 Å². The van der Waals surface area contributed by atoms with Crippen LogP contribution in [0.2, 0.25) is 0 Å². The lowest BCUT2D eigenvalue weighted by atomic mass is 10.0. The second kappa shape index (κ2) is 7.40. The Kier molecular flexibility index (Phi) is 5.23. The lowest BCUT2D eigenvalue weighted by Crippen LogP contribution is -2.46. The number of hydrogen-bond donors (Lipinski definition) is 1. The third-order valence-electron chi connectivity index (χ3n) is 5.10. The molecule has 0 unspecified atom stereocenters. The minimum atomic E-state index is -1.12. The van der Waals surface area contributed by atoms with E-state index >= 15 is 0 Å². The number of aliphatic hydroxyl groups is 1. The molecule has 1 amide bonds. The lowest BCUT2D eigenvalue weighted by molar-refractivity contribution is -0.149. The number of likely N-dealkylation sites (N-methyl/N-ethyl adjacent to an activating group) is 1. The maximum atomic E-state index is 12.4. The molecule has 134 valence electrons. The van der Waals surface area contributed by atoms with Gasteiger partial charge in [0.2, 0.25) is 0 Å². The Morgan fingerprint density at radius 2 is 1.96 bits per heavy atom. The van der Waals surface area contributed by atoms with Crippen LogP contribution < -0.4 is 0 Å². The summed E-state index contributed by atoms with van der Waals surface area (Å²) >= 11 is 0. The number of rotatable bonds is 6. The number of carbonyl (C=O) groups excluding carboxylic acids is 1. The first-order valence-corrected chi connectivity index (χ1v) is 9.06. The summed E-state index contributed by atoms with van der Waals surface area (Å²) < 4.78 is 1.90. The zero-order valence-electron chi connectivity index (χ0n) is 15.1. The van der Waals surface area contributed by atoms with Crippen molar-refractivity contribution in [2.24, 2.45) is 7.05 Å². The molecule has 0 atom stereocenters. The van der Waals surface area contributed by atoms with Crippen molar-refractivity contribution in [2.75, 3.05) is 13.6 Å². The summed E-state index contributed by atoms with van der Waals surface area (Å²) in [7, 11) is 3.74. The van der Waals surface area contributed by atoms with Gasteiger partial charge in [-0.15, -0.1) is 0 Å². The predicted octanol–water partition coefficient (Wildman–Crippen LogP) is 2.78. The minimum Gasteiger partial charge on any atom is -0.380 e. The fourth-order valence-electron chi connectivity index (χ4n) is 3.66. The van der Waals surface area contributed by atoms with E-state index in [4.69, 9.17) is 0 Å². The minimum absolute atomic E-state index is 0.129. The molecule has 5 nitrogen and oxygen atoms in total. The Bertz CT molecular complexity index is 718. The van der Waals surface area contributed by atoms with Crippen LogP contribution in [0.15, 0.2) is 36.4 Å². The second-order valence-electron chi connectivity index (χ2n) is 7.08. The molecule has 0 radical (unpaired) electrons. The average molecular weight is 341 g/mol. The Balaban J connectivity index is 1.55. The van der Waals surface area contributed by atoms with Crippen LogP contribution in [0.1, 0.15) is 37.8 Å². The molecular formula is C20H27N3O2. The van der Waals surface area contributed by atoms with Gasteiger partial charge >= 0.3 is 0 Å². The van der Waals surface area contributed by atoms with Gasteiger partial charge in [-0.05, 0) is 50.2 Å². The van der Waals surface area contributed by atoms with Crippen LogP contribution in [-0.4, -0.2) is 44.9 Å². The van der Waals surface area contributed by atoms with E-state index in [0.29, 0.717) is 19.4 Å². The summed E-state index contributed by atoms with van der Waals surface area (Å²) in [5.74, 6) is -0.129. The number of aromatic nitrogens is 2. The monoisotopic (exact) mass is 341 g/mol. The molecule has 3 rings (SSSR count). The summed E-state index contributed by atoms with van der Waals surface area (Å²) in [6, 6.07) is 12.3. The fourth-order valence-corrected chi connectivity index (χ4v) is 3.66. The summed E-state index contributed by atoms with van der Waals surface area (Å²) in [5.41, 5.74) is 2.15. The Hall–Kier alpha value is -2.14. The third kappa shape index (κ3) is 3.93. The summed E-state index contributed by atoms with van der Waals surface area (Å²) in [4.78, 5) is 14.1. The van der Waals surface area contributed by atoms with Gasteiger partial charge in [-0.25, -0.2) is 0 Å². The summed E-state index contributed by atoms with van der Waals surface area (Å²) in [6.07, 6.45) is 4.71. The second-order valence-corrected chi connectivity index (χ2v) is 7.08. The molecule has 1 aromatic heterocycles. The van der Waals surface area contributed by atoms with Crippen LogP contribution in [0.3, 0.4) is 0 Å². The van der Waals surface area contributed by atoms with Gasteiger partial charge in [-0.2, -0.15) is 5.10 Å². The number of carbonyl (C=O) groups is 1. The zero-order chi connectivity index (χ0) is 17.9. The largest absolute Gasteiger partial charge is 0.380 e. The quantitative estimate of drug-likeness (QED) is 0.879. The van der Waals surface area contributed by atoms with Crippen molar-refractivity contribution in [1.29, 1.82) is 0 Å². The molecule has 0 spiro atoms. The van der Waals surface area contributed by atoms with Crippen LogP contribution in [-0.2, 0) is 18.3 Å². The van der Waals surface area contributed by atoms with E-state index in [2.05, 4.69) is 23.3 Å². The molecule has 1 aliphatic rings. The van der Waals surface area contributed by atoms with Gasteiger partial charge < -0.3 is 10.0 Å². The summed E-state index contributed by atoms with van der Waals surface area (Å²) in [6.45, 7) is 0.637. The molecule has 1 saturated carbocycles. The Morgan fingerprint density at radius 1 is 1.28 bits per heavy atom. The molecule has 0 aliphatic heterocycles. The van der Waals surface area contributed by atoms with Crippen LogP contribution in [0.5, 0.6) is 0 Å². The summed E-state index contributed by atoms with van der Waals surface area (Å²) in [5, 5.41) is 15.0. The van der Waals surface area contributed by atoms with Gasteiger partial charge in [0.05, 0.1) is 11.4 Å². The van der Waals surface area contributed by atoms with Crippen LogP contribution >= 0.6 is 0 Å². The molecule has 1 aliphatic carbocycles. The molecule has 5 heteroatoms. The molecular weight excluding hydrogens is 314 g/mol. The normalized spacial score (nSPS) is 16.1. The standard InChI is InChI=1S/C20H27N3O2/c1-22(19(24)20(25)12-6-7-13-20)14-8-11-17-15-18(23(2)21-17)16-9-4-3-5-10-16/h3-5,9-10,15,25H,6-8,11-14H2,1-2H3. The zero-order valence-corrected chi connectivity index (χ0v) is 15.1. The maximum Gasteiger partial charge on any atom is 0.254 e. The molecule has 1 heterocycles. The lowest BCUT2D eigenvalue weighted by Gasteiger charge is -2.27. The maximum absolute atomic E-state index is 12.4.